The summed E-state index contributed by atoms with van der Waals surface area (Å²) in [4.78, 5) is 29.5. The molecule has 0 spiro atoms. The van der Waals surface area contributed by atoms with Crippen LogP contribution in [-0.4, -0.2) is 31.7 Å². The summed E-state index contributed by atoms with van der Waals surface area (Å²) < 4.78 is 20.6. The Morgan fingerprint density at radius 2 is 2.15 bits per heavy atom. The molecule has 1 aromatic carbocycles. The molecule has 0 bridgehead atoms. The number of ether oxygens (including phenoxy) is 1. The summed E-state index contributed by atoms with van der Waals surface area (Å²) in [7, 11) is 1.87. The lowest BCUT2D eigenvalue weighted by atomic mass is 10.1. The number of benzene rings is 1. The number of anilines is 1. The Hall–Kier alpha value is -3.40. The van der Waals surface area contributed by atoms with Crippen molar-refractivity contribution in [1.29, 1.82) is 0 Å². The van der Waals surface area contributed by atoms with Crippen LogP contribution in [0.5, 0.6) is 0 Å². The van der Waals surface area contributed by atoms with Crippen LogP contribution in [0, 0.1) is 5.82 Å². The number of aromatic nitrogens is 4. The second-order valence-electron chi connectivity index (χ2n) is 8.27. The lowest BCUT2D eigenvalue weighted by Gasteiger charge is -2.16. The Morgan fingerprint density at radius 1 is 1.33 bits per heavy atom. The van der Waals surface area contributed by atoms with E-state index < -0.39 is 11.9 Å². The average Bonchev–Trinajstić information content (AvgIpc) is 3.20. The lowest BCUT2D eigenvalue weighted by molar-refractivity contribution is 0.101. The molecule has 2 amide bonds. The highest BCUT2D eigenvalue weighted by Gasteiger charge is 2.40. The van der Waals surface area contributed by atoms with Crippen LogP contribution < -0.4 is 10.6 Å². The SMILES string of the molecule is Cn1c(C(=O)Nc2ccc(F)c(Cl)c2)c2c(c1C1CC1)C(NC(=O)OCc1nc[nH]n1)CC2. The first-order valence-corrected chi connectivity index (χ1v) is 11.1. The molecular formula is C22H22ClFN6O3. The van der Waals surface area contributed by atoms with Gasteiger partial charge in [0.1, 0.15) is 17.8 Å². The van der Waals surface area contributed by atoms with Crippen molar-refractivity contribution in [3.8, 4) is 0 Å². The maximum atomic E-state index is 13.5. The Labute approximate surface area is 193 Å². The summed E-state index contributed by atoms with van der Waals surface area (Å²) >= 11 is 5.86. The zero-order valence-corrected chi connectivity index (χ0v) is 18.6. The van der Waals surface area contributed by atoms with Gasteiger partial charge in [0.25, 0.3) is 5.91 Å². The first kappa shape index (κ1) is 21.4. The fourth-order valence-electron chi connectivity index (χ4n) is 4.53. The molecule has 3 N–H and O–H groups in total. The van der Waals surface area contributed by atoms with Crippen molar-refractivity contribution in [2.24, 2.45) is 7.05 Å². The minimum atomic E-state index is -0.560. The van der Waals surface area contributed by atoms with E-state index in [2.05, 4.69) is 25.8 Å². The summed E-state index contributed by atoms with van der Waals surface area (Å²) in [6, 6.07) is 3.82. The molecule has 1 atom stereocenters. The van der Waals surface area contributed by atoms with Gasteiger partial charge in [0, 0.05) is 18.4 Å². The molecule has 5 rings (SSSR count). The molecule has 1 saturated carbocycles. The molecule has 172 valence electrons. The largest absolute Gasteiger partial charge is 0.441 e. The third-order valence-corrected chi connectivity index (χ3v) is 6.35. The van der Waals surface area contributed by atoms with Gasteiger partial charge in [-0.25, -0.2) is 14.2 Å². The van der Waals surface area contributed by atoms with E-state index >= 15 is 0 Å². The minimum Gasteiger partial charge on any atom is -0.441 e. The van der Waals surface area contributed by atoms with Crippen LogP contribution >= 0.6 is 11.6 Å². The lowest BCUT2D eigenvalue weighted by Crippen LogP contribution is -2.28. The number of amides is 2. The zero-order chi connectivity index (χ0) is 23.1. The number of aromatic amines is 1. The highest BCUT2D eigenvalue weighted by molar-refractivity contribution is 6.31. The predicted molar refractivity (Wildman–Crippen MR) is 118 cm³/mol. The van der Waals surface area contributed by atoms with Crippen LogP contribution in [0.3, 0.4) is 0 Å². The number of carbonyl (C=O) groups excluding carboxylic acids is 2. The molecule has 3 aromatic rings. The van der Waals surface area contributed by atoms with E-state index in [4.69, 9.17) is 16.3 Å². The van der Waals surface area contributed by atoms with E-state index in [-0.39, 0.29) is 23.6 Å². The van der Waals surface area contributed by atoms with E-state index in [9.17, 15) is 14.0 Å². The van der Waals surface area contributed by atoms with Crippen molar-refractivity contribution in [3.05, 3.63) is 63.7 Å². The van der Waals surface area contributed by atoms with Gasteiger partial charge in [-0.05, 0) is 60.9 Å². The van der Waals surface area contributed by atoms with Gasteiger partial charge in [-0.2, -0.15) is 5.10 Å². The zero-order valence-electron chi connectivity index (χ0n) is 17.8. The van der Waals surface area contributed by atoms with Gasteiger partial charge < -0.3 is 19.9 Å². The second kappa shape index (κ2) is 8.51. The number of nitrogens with zero attached hydrogens (tertiary/aromatic N) is 3. The first-order chi connectivity index (χ1) is 15.9. The van der Waals surface area contributed by atoms with Crippen molar-refractivity contribution < 1.29 is 18.7 Å². The minimum absolute atomic E-state index is 0.0347. The summed E-state index contributed by atoms with van der Waals surface area (Å²) in [5, 5.41) is 12.1. The van der Waals surface area contributed by atoms with Crippen LogP contribution in [0.25, 0.3) is 0 Å². The number of alkyl carbamates (subject to hydrolysis) is 1. The number of fused-ring (bicyclic) bond motifs is 1. The number of halogens is 2. The fourth-order valence-corrected chi connectivity index (χ4v) is 4.71. The summed E-state index contributed by atoms with van der Waals surface area (Å²) in [6.45, 7) is -0.0347. The summed E-state index contributed by atoms with van der Waals surface area (Å²) in [6.07, 6.45) is 4.26. The molecule has 2 aliphatic carbocycles. The number of hydrogen-bond donors (Lipinski definition) is 3. The molecule has 0 saturated heterocycles. The van der Waals surface area contributed by atoms with Gasteiger partial charge >= 0.3 is 6.09 Å². The number of H-pyrrole nitrogens is 1. The molecule has 0 radical (unpaired) electrons. The summed E-state index contributed by atoms with van der Waals surface area (Å²) in [5.74, 6) is -0.0989. The third-order valence-electron chi connectivity index (χ3n) is 6.06. The van der Waals surface area contributed by atoms with Crippen molar-refractivity contribution in [2.45, 2.75) is 44.2 Å². The molecule has 1 unspecified atom stereocenters. The molecule has 2 heterocycles. The number of rotatable bonds is 6. The molecule has 2 aliphatic rings. The van der Waals surface area contributed by atoms with Crippen molar-refractivity contribution >= 4 is 29.3 Å². The number of hydrogen-bond acceptors (Lipinski definition) is 5. The maximum absolute atomic E-state index is 13.5. The normalized spacial score (nSPS) is 17.0. The monoisotopic (exact) mass is 472 g/mol. The standard InChI is InChI=1S/C22H22ClFN6O3/c1-30-19(11-2-3-11)18-13(20(30)21(31)27-12-4-6-15(24)14(23)8-12)5-7-16(18)28-22(32)33-9-17-25-10-26-29-17/h4,6,8,10-11,16H,2-3,5,7,9H2,1H3,(H,27,31)(H,28,32)(H,25,26,29). The summed E-state index contributed by atoms with van der Waals surface area (Å²) in [5.41, 5.74) is 3.95. The van der Waals surface area contributed by atoms with E-state index in [0.29, 0.717) is 36.0 Å². The van der Waals surface area contributed by atoms with E-state index in [1.165, 1.54) is 24.5 Å². The van der Waals surface area contributed by atoms with Gasteiger partial charge in [0.2, 0.25) is 0 Å². The van der Waals surface area contributed by atoms with Crippen molar-refractivity contribution in [2.75, 3.05) is 5.32 Å². The maximum Gasteiger partial charge on any atom is 0.408 e. The van der Waals surface area contributed by atoms with E-state index in [1.807, 2.05) is 11.6 Å². The molecular weight excluding hydrogens is 451 g/mol. The predicted octanol–water partition coefficient (Wildman–Crippen LogP) is 3.98. The van der Waals surface area contributed by atoms with E-state index in [0.717, 1.165) is 29.7 Å². The Bertz CT molecular complexity index is 1220. The van der Waals surface area contributed by atoms with Crippen LogP contribution in [-0.2, 0) is 24.8 Å². The van der Waals surface area contributed by atoms with Gasteiger partial charge in [0.05, 0.1) is 11.1 Å². The number of carbonyl (C=O) groups is 2. The smallest absolute Gasteiger partial charge is 0.408 e. The average molecular weight is 473 g/mol. The van der Waals surface area contributed by atoms with Gasteiger partial charge in [-0.15, -0.1) is 0 Å². The van der Waals surface area contributed by atoms with Crippen molar-refractivity contribution in [3.63, 3.8) is 0 Å². The highest BCUT2D eigenvalue weighted by atomic mass is 35.5. The van der Waals surface area contributed by atoms with Gasteiger partial charge in [-0.3, -0.25) is 9.89 Å². The molecule has 33 heavy (non-hydrogen) atoms. The Morgan fingerprint density at radius 3 is 2.85 bits per heavy atom. The van der Waals surface area contributed by atoms with E-state index in [1.54, 1.807) is 0 Å². The molecule has 11 heteroatoms. The third kappa shape index (κ3) is 4.18. The van der Waals surface area contributed by atoms with Gasteiger partial charge in [0.15, 0.2) is 12.4 Å². The molecule has 9 nitrogen and oxygen atoms in total. The Balaban J connectivity index is 1.38. The fraction of sp³-hybridized carbons (Fsp3) is 0.364. The van der Waals surface area contributed by atoms with Crippen LogP contribution in [0.15, 0.2) is 24.5 Å². The van der Waals surface area contributed by atoms with Crippen LogP contribution in [0.1, 0.15) is 64.4 Å². The highest BCUT2D eigenvalue weighted by Crippen LogP contribution is 2.49. The second-order valence-corrected chi connectivity index (χ2v) is 8.68. The Kier molecular flexibility index (Phi) is 5.53. The van der Waals surface area contributed by atoms with Gasteiger partial charge in [-0.1, -0.05) is 11.6 Å². The quantitative estimate of drug-likeness (QED) is 0.502. The van der Waals surface area contributed by atoms with Crippen LogP contribution in [0.4, 0.5) is 14.9 Å². The van der Waals surface area contributed by atoms with Crippen molar-refractivity contribution in [1.82, 2.24) is 25.1 Å². The topological polar surface area (TPSA) is 114 Å². The molecule has 2 aromatic heterocycles. The molecule has 1 fully saturated rings. The van der Waals surface area contributed by atoms with Crippen LogP contribution in [0.2, 0.25) is 5.02 Å². The number of nitrogens with one attached hydrogen (secondary N) is 3. The molecule has 0 aliphatic heterocycles. The first-order valence-electron chi connectivity index (χ1n) is 10.7.